The maximum absolute atomic E-state index is 14.1. The van der Waals surface area contributed by atoms with Crippen molar-refractivity contribution >= 4 is 42.9 Å². The largest absolute Gasteiger partial charge is 0.462 e. The molecule has 0 radical (unpaired) electrons. The van der Waals surface area contributed by atoms with Crippen LogP contribution < -0.4 is 4.52 Å². The van der Waals surface area contributed by atoms with E-state index in [1.54, 1.807) is 24.3 Å². The number of benzene rings is 1. The highest BCUT2D eigenvalue weighted by Crippen LogP contribution is 2.52. The first kappa shape index (κ1) is 38.7. The van der Waals surface area contributed by atoms with Gasteiger partial charge in [-0.1, -0.05) is 96.3 Å². The van der Waals surface area contributed by atoms with E-state index in [1.165, 1.54) is 23.9 Å². The second kappa shape index (κ2) is 25.1. The number of ether oxygens (including phenoxy) is 2. The van der Waals surface area contributed by atoms with E-state index in [2.05, 4.69) is 13.8 Å². The molecular weight excluding hydrogens is 600 g/mol. The molecule has 0 aliphatic rings. The molecular formula is C31H52Cl2NO7P. The summed E-state index contributed by atoms with van der Waals surface area (Å²) in [6.45, 7) is 4.24. The van der Waals surface area contributed by atoms with E-state index in [9.17, 15) is 14.2 Å². The molecule has 0 aromatic heterocycles. The smallest absolute Gasteiger partial charge is 0.461 e. The van der Waals surface area contributed by atoms with E-state index in [-0.39, 0.29) is 50.5 Å². The highest BCUT2D eigenvalue weighted by atomic mass is 35.5. The predicted molar refractivity (Wildman–Crippen MR) is 170 cm³/mol. The molecule has 8 nitrogen and oxygen atoms in total. The average Bonchev–Trinajstić information content (AvgIpc) is 2.98. The van der Waals surface area contributed by atoms with Gasteiger partial charge >= 0.3 is 19.7 Å². The number of nitrogens with zero attached hydrogens (tertiary/aromatic N) is 1. The summed E-state index contributed by atoms with van der Waals surface area (Å²) in [5.74, 6) is -0.0816. The van der Waals surface area contributed by atoms with Crippen molar-refractivity contribution in [1.82, 2.24) is 4.67 Å². The Kier molecular flexibility index (Phi) is 23.1. The minimum atomic E-state index is -3.96. The maximum atomic E-state index is 14.1. The molecule has 2 atom stereocenters. The Bertz CT molecular complexity index is 872. The van der Waals surface area contributed by atoms with E-state index >= 15 is 0 Å². The quantitative estimate of drug-likeness (QED) is 0.0403. The number of hydrogen-bond acceptors (Lipinski definition) is 7. The first-order valence-electron chi connectivity index (χ1n) is 15.6. The molecule has 0 aliphatic carbocycles. The van der Waals surface area contributed by atoms with Crippen LogP contribution in [-0.4, -0.2) is 60.8 Å². The van der Waals surface area contributed by atoms with Crippen LogP contribution >= 0.6 is 30.9 Å². The van der Waals surface area contributed by atoms with E-state index in [4.69, 9.17) is 41.7 Å². The molecule has 0 saturated heterocycles. The van der Waals surface area contributed by atoms with Crippen molar-refractivity contribution in [2.45, 2.75) is 110 Å². The summed E-state index contributed by atoms with van der Waals surface area (Å²) in [6.07, 6.45) is 12.1. The van der Waals surface area contributed by atoms with Crippen molar-refractivity contribution in [2.75, 3.05) is 38.1 Å². The standard InChI is InChI=1S/C31H52Cl2NO7P/c1-3-5-7-9-11-16-20-30(35)38-26-29(40-31(36)21-17-12-10-8-6-4-2)27-39-42(37,34(24-22-32)25-23-33)41-28-18-14-13-15-19-28/h13-15,18-19,29H,3-12,16-17,20-27H2,1-2H3/t29-,42+/m0/s1. The lowest BCUT2D eigenvalue weighted by Gasteiger charge is -2.30. The summed E-state index contributed by atoms with van der Waals surface area (Å²) in [6, 6.07) is 8.65. The van der Waals surface area contributed by atoms with Crippen LogP contribution in [0, 0.1) is 0 Å². The summed E-state index contributed by atoms with van der Waals surface area (Å²) in [5, 5.41) is 0. The molecule has 0 aliphatic heterocycles. The van der Waals surface area contributed by atoms with Crippen LogP contribution in [0.3, 0.4) is 0 Å². The molecule has 0 heterocycles. The summed E-state index contributed by atoms with van der Waals surface area (Å²) < 4.78 is 38.4. The molecule has 0 spiro atoms. The predicted octanol–water partition coefficient (Wildman–Crippen LogP) is 8.93. The molecule has 1 rings (SSSR count). The zero-order valence-electron chi connectivity index (χ0n) is 25.6. The summed E-state index contributed by atoms with van der Waals surface area (Å²) >= 11 is 12.0. The first-order chi connectivity index (χ1) is 20.4. The van der Waals surface area contributed by atoms with Crippen LogP contribution in [0.2, 0.25) is 0 Å². The lowest BCUT2D eigenvalue weighted by Crippen LogP contribution is -2.33. The number of para-hydroxylation sites is 1. The van der Waals surface area contributed by atoms with E-state index < -0.39 is 19.8 Å². The van der Waals surface area contributed by atoms with Gasteiger partial charge < -0.3 is 14.0 Å². The minimum Gasteiger partial charge on any atom is -0.462 e. The van der Waals surface area contributed by atoms with Gasteiger partial charge in [-0.2, -0.15) is 4.67 Å². The summed E-state index contributed by atoms with van der Waals surface area (Å²) in [7, 11) is -3.96. The van der Waals surface area contributed by atoms with Gasteiger partial charge in [-0.3, -0.25) is 14.1 Å². The van der Waals surface area contributed by atoms with Gasteiger partial charge in [0.15, 0.2) is 6.10 Å². The van der Waals surface area contributed by atoms with Gasteiger partial charge in [0.2, 0.25) is 0 Å². The first-order valence-corrected chi connectivity index (χ1v) is 18.2. The molecule has 0 bridgehead atoms. The molecule has 11 heteroatoms. The van der Waals surface area contributed by atoms with Crippen LogP contribution in [-0.2, 0) is 28.2 Å². The van der Waals surface area contributed by atoms with E-state index in [1.807, 2.05) is 6.07 Å². The number of rotatable bonds is 27. The Labute approximate surface area is 263 Å². The molecule has 0 amide bonds. The Morgan fingerprint density at radius 3 is 1.83 bits per heavy atom. The highest BCUT2D eigenvalue weighted by molar-refractivity contribution is 7.51. The number of alkyl halides is 2. The topological polar surface area (TPSA) is 91.4 Å². The van der Waals surface area contributed by atoms with Crippen molar-refractivity contribution in [3.05, 3.63) is 30.3 Å². The van der Waals surface area contributed by atoms with Gasteiger partial charge in [-0.05, 0) is 25.0 Å². The van der Waals surface area contributed by atoms with E-state index in [0.717, 1.165) is 51.4 Å². The zero-order valence-corrected chi connectivity index (χ0v) is 28.0. The summed E-state index contributed by atoms with van der Waals surface area (Å²) in [4.78, 5) is 25.1. The average molecular weight is 653 g/mol. The second-order valence-electron chi connectivity index (χ2n) is 10.3. The molecule has 0 N–H and O–H groups in total. The van der Waals surface area contributed by atoms with Crippen LogP contribution in [0.25, 0.3) is 0 Å². The third-order valence-electron chi connectivity index (χ3n) is 6.62. The SMILES string of the molecule is CCCCCCCCC(=O)OC[C@@H](CO[P@@](=O)(Oc1ccccc1)N(CCCl)CCCl)OC(=O)CCCCCCCC. The van der Waals surface area contributed by atoms with E-state index in [0.29, 0.717) is 18.6 Å². The van der Waals surface area contributed by atoms with Crippen molar-refractivity contribution < 1.29 is 32.7 Å². The molecule has 0 unspecified atom stereocenters. The van der Waals surface area contributed by atoms with Gasteiger partial charge in [0.1, 0.15) is 12.4 Å². The number of unbranched alkanes of at least 4 members (excludes halogenated alkanes) is 10. The Hall–Kier alpha value is -1.31. The Morgan fingerprint density at radius 1 is 0.762 bits per heavy atom. The lowest BCUT2D eigenvalue weighted by molar-refractivity contribution is -0.161. The fourth-order valence-electron chi connectivity index (χ4n) is 4.23. The summed E-state index contributed by atoms with van der Waals surface area (Å²) in [5.41, 5.74) is 0. The molecule has 42 heavy (non-hydrogen) atoms. The normalized spacial score (nSPS) is 13.5. The third kappa shape index (κ3) is 18.4. The van der Waals surface area contributed by atoms with Crippen LogP contribution in [0.1, 0.15) is 104 Å². The van der Waals surface area contributed by atoms with Gasteiger partial charge in [0.05, 0.1) is 6.61 Å². The number of carbonyl (C=O) groups excluding carboxylic acids is 2. The fourth-order valence-corrected chi connectivity index (χ4v) is 6.64. The van der Waals surface area contributed by atoms with Crippen LogP contribution in [0.15, 0.2) is 30.3 Å². The Morgan fingerprint density at radius 2 is 1.29 bits per heavy atom. The zero-order chi connectivity index (χ0) is 30.9. The van der Waals surface area contributed by atoms with Gasteiger partial charge in [0.25, 0.3) is 0 Å². The number of esters is 2. The fraction of sp³-hybridized carbons (Fsp3) is 0.742. The van der Waals surface area contributed by atoms with Crippen molar-refractivity contribution in [2.24, 2.45) is 0 Å². The van der Waals surface area contributed by atoms with Crippen molar-refractivity contribution in [3.8, 4) is 5.75 Å². The minimum absolute atomic E-state index is 0.176. The van der Waals surface area contributed by atoms with Crippen LogP contribution in [0.5, 0.6) is 5.75 Å². The molecule has 1 aromatic carbocycles. The number of carbonyl (C=O) groups is 2. The number of halogens is 2. The molecule has 0 fully saturated rings. The number of hydrogen-bond donors (Lipinski definition) is 0. The molecule has 0 saturated carbocycles. The monoisotopic (exact) mass is 651 g/mol. The third-order valence-corrected chi connectivity index (χ3v) is 8.96. The van der Waals surface area contributed by atoms with Crippen molar-refractivity contribution in [1.29, 1.82) is 0 Å². The molecule has 1 aromatic rings. The van der Waals surface area contributed by atoms with Gasteiger partial charge in [-0.15, -0.1) is 23.2 Å². The van der Waals surface area contributed by atoms with Crippen molar-refractivity contribution in [3.63, 3.8) is 0 Å². The second-order valence-corrected chi connectivity index (χ2v) is 13.0. The van der Waals surface area contributed by atoms with Crippen LogP contribution in [0.4, 0.5) is 0 Å². The van der Waals surface area contributed by atoms with Gasteiger partial charge in [-0.25, -0.2) is 4.57 Å². The van der Waals surface area contributed by atoms with Gasteiger partial charge in [0, 0.05) is 37.7 Å². The lowest BCUT2D eigenvalue weighted by atomic mass is 10.1. The maximum Gasteiger partial charge on any atom is 0.461 e. The highest BCUT2D eigenvalue weighted by Gasteiger charge is 2.36. The molecule has 242 valence electrons. The Balaban J connectivity index is 2.86.